The molecule has 1 aromatic rings. The second-order valence-electron chi connectivity index (χ2n) is 3.50. The number of carbonyl (C=O) groups is 1. The molecular formula is C12H15BrClNO2. The second-order valence-corrected chi connectivity index (χ2v) is 4.73. The summed E-state index contributed by atoms with van der Waals surface area (Å²) >= 11 is 8.90. The molecule has 0 spiro atoms. The molecule has 0 atom stereocenters. The SMILES string of the molecule is COc1ccc(C(=O)NCCCCCl)cc1Br. The predicted octanol–water partition coefficient (Wildman–Crippen LogP) is 3.21. The standard InChI is InChI=1S/C12H15BrClNO2/c1-17-11-5-4-9(8-10(11)13)12(16)15-7-3-2-6-14/h4-5,8H,2-3,6-7H2,1H3,(H,15,16). The molecule has 0 bridgehead atoms. The van der Waals surface area contributed by atoms with Crippen molar-refractivity contribution in [2.24, 2.45) is 0 Å². The fourth-order valence-corrected chi connectivity index (χ4v) is 2.06. The number of hydrogen-bond donors (Lipinski definition) is 1. The molecule has 0 heterocycles. The highest BCUT2D eigenvalue weighted by molar-refractivity contribution is 9.10. The van der Waals surface area contributed by atoms with E-state index in [1.54, 1.807) is 25.3 Å². The van der Waals surface area contributed by atoms with Gasteiger partial charge in [0.15, 0.2) is 0 Å². The molecule has 17 heavy (non-hydrogen) atoms. The van der Waals surface area contributed by atoms with Crippen molar-refractivity contribution < 1.29 is 9.53 Å². The van der Waals surface area contributed by atoms with Gasteiger partial charge in [-0.3, -0.25) is 4.79 Å². The Bertz CT molecular complexity index is 385. The Hall–Kier alpha value is -0.740. The van der Waals surface area contributed by atoms with Gasteiger partial charge in [0, 0.05) is 18.0 Å². The van der Waals surface area contributed by atoms with Crippen molar-refractivity contribution in [1.29, 1.82) is 0 Å². The van der Waals surface area contributed by atoms with Crippen LogP contribution in [-0.4, -0.2) is 25.4 Å². The first kappa shape index (κ1) is 14.3. The molecule has 0 aliphatic heterocycles. The second kappa shape index (κ2) is 7.56. The Balaban J connectivity index is 2.54. The highest BCUT2D eigenvalue weighted by atomic mass is 79.9. The van der Waals surface area contributed by atoms with Gasteiger partial charge in [-0.1, -0.05) is 0 Å². The van der Waals surface area contributed by atoms with Crippen LogP contribution in [0.15, 0.2) is 22.7 Å². The highest BCUT2D eigenvalue weighted by Crippen LogP contribution is 2.25. The van der Waals surface area contributed by atoms with Crippen LogP contribution >= 0.6 is 27.5 Å². The maximum atomic E-state index is 11.8. The molecule has 1 rings (SSSR count). The molecule has 0 aliphatic rings. The van der Waals surface area contributed by atoms with E-state index >= 15 is 0 Å². The number of amides is 1. The van der Waals surface area contributed by atoms with Crippen LogP contribution in [0, 0.1) is 0 Å². The van der Waals surface area contributed by atoms with Gasteiger partial charge in [0.2, 0.25) is 0 Å². The van der Waals surface area contributed by atoms with Crippen LogP contribution < -0.4 is 10.1 Å². The molecule has 0 saturated carbocycles. The van der Waals surface area contributed by atoms with Crippen LogP contribution in [-0.2, 0) is 0 Å². The number of methoxy groups -OCH3 is 1. The molecule has 0 aliphatic carbocycles. The van der Waals surface area contributed by atoms with E-state index in [1.807, 2.05) is 0 Å². The maximum absolute atomic E-state index is 11.8. The molecule has 0 radical (unpaired) electrons. The van der Waals surface area contributed by atoms with E-state index < -0.39 is 0 Å². The van der Waals surface area contributed by atoms with Gasteiger partial charge in [-0.15, -0.1) is 11.6 Å². The van der Waals surface area contributed by atoms with E-state index in [1.165, 1.54) is 0 Å². The zero-order valence-corrected chi connectivity index (χ0v) is 12.0. The molecule has 3 nitrogen and oxygen atoms in total. The lowest BCUT2D eigenvalue weighted by Crippen LogP contribution is -2.24. The minimum atomic E-state index is -0.0806. The van der Waals surface area contributed by atoms with Crippen LogP contribution in [0.3, 0.4) is 0 Å². The predicted molar refractivity (Wildman–Crippen MR) is 73.0 cm³/mol. The summed E-state index contributed by atoms with van der Waals surface area (Å²) < 4.78 is 5.87. The fourth-order valence-electron chi connectivity index (χ4n) is 1.33. The summed E-state index contributed by atoms with van der Waals surface area (Å²) in [5, 5.41) is 2.84. The Kier molecular flexibility index (Phi) is 6.37. The molecular weight excluding hydrogens is 305 g/mol. The Morgan fingerprint density at radius 2 is 2.24 bits per heavy atom. The van der Waals surface area contributed by atoms with Crippen molar-refractivity contribution in [2.45, 2.75) is 12.8 Å². The highest BCUT2D eigenvalue weighted by Gasteiger charge is 2.07. The van der Waals surface area contributed by atoms with E-state index in [4.69, 9.17) is 16.3 Å². The van der Waals surface area contributed by atoms with Gasteiger partial charge in [-0.2, -0.15) is 0 Å². The summed E-state index contributed by atoms with van der Waals surface area (Å²) in [4.78, 5) is 11.8. The zero-order valence-electron chi connectivity index (χ0n) is 9.63. The minimum absolute atomic E-state index is 0.0806. The monoisotopic (exact) mass is 319 g/mol. The first-order valence-electron chi connectivity index (χ1n) is 5.36. The topological polar surface area (TPSA) is 38.3 Å². The number of halogens is 2. The summed E-state index contributed by atoms with van der Waals surface area (Å²) in [6, 6.07) is 5.24. The van der Waals surface area contributed by atoms with Crippen molar-refractivity contribution in [2.75, 3.05) is 19.5 Å². The number of alkyl halides is 1. The van der Waals surface area contributed by atoms with Gasteiger partial charge in [0.25, 0.3) is 5.91 Å². The first-order valence-corrected chi connectivity index (χ1v) is 6.69. The van der Waals surface area contributed by atoms with Crippen LogP contribution in [0.5, 0.6) is 5.75 Å². The Morgan fingerprint density at radius 1 is 1.47 bits per heavy atom. The first-order chi connectivity index (χ1) is 8.19. The summed E-state index contributed by atoms with van der Waals surface area (Å²) in [5.41, 5.74) is 0.614. The third kappa shape index (κ3) is 4.56. The summed E-state index contributed by atoms with van der Waals surface area (Å²) in [5.74, 6) is 1.26. The van der Waals surface area contributed by atoms with Gasteiger partial charge in [-0.05, 0) is 47.0 Å². The van der Waals surface area contributed by atoms with E-state index in [0.29, 0.717) is 23.7 Å². The van der Waals surface area contributed by atoms with E-state index in [9.17, 15) is 4.79 Å². The average Bonchev–Trinajstić information content (AvgIpc) is 2.34. The van der Waals surface area contributed by atoms with Crippen LogP contribution in [0.25, 0.3) is 0 Å². The van der Waals surface area contributed by atoms with E-state index in [2.05, 4.69) is 21.2 Å². The average molecular weight is 321 g/mol. The third-order valence-corrected chi connectivity index (χ3v) is 3.15. The van der Waals surface area contributed by atoms with Crippen molar-refractivity contribution in [3.8, 4) is 5.75 Å². The summed E-state index contributed by atoms with van der Waals surface area (Å²) in [7, 11) is 1.59. The molecule has 0 fully saturated rings. The van der Waals surface area contributed by atoms with Gasteiger partial charge >= 0.3 is 0 Å². The van der Waals surface area contributed by atoms with E-state index in [-0.39, 0.29) is 5.91 Å². The number of hydrogen-bond acceptors (Lipinski definition) is 2. The van der Waals surface area contributed by atoms with Crippen molar-refractivity contribution in [3.63, 3.8) is 0 Å². The quantitative estimate of drug-likeness (QED) is 0.645. The van der Waals surface area contributed by atoms with Gasteiger partial charge in [0.05, 0.1) is 11.6 Å². The fraction of sp³-hybridized carbons (Fsp3) is 0.417. The summed E-state index contributed by atoms with van der Waals surface area (Å²) in [6.45, 7) is 0.648. The van der Waals surface area contributed by atoms with Crippen LogP contribution in [0.1, 0.15) is 23.2 Å². The smallest absolute Gasteiger partial charge is 0.251 e. The number of benzene rings is 1. The van der Waals surface area contributed by atoms with Crippen molar-refractivity contribution >= 4 is 33.4 Å². The van der Waals surface area contributed by atoms with Crippen LogP contribution in [0.4, 0.5) is 0 Å². The number of rotatable bonds is 6. The molecule has 0 aromatic heterocycles. The number of carbonyl (C=O) groups excluding carboxylic acids is 1. The number of nitrogens with one attached hydrogen (secondary N) is 1. The third-order valence-electron chi connectivity index (χ3n) is 2.26. The molecule has 94 valence electrons. The lowest BCUT2D eigenvalue weighted by atomic mass is 10.2. The van der Waals surface area contributed by atoms with Gasteiger partial charge in [0.1, 0.15) is 5.75 Å². The van der Waals surface area contributed by atoms with E-state index in [0.717, 1.165) is 17.3 Å². The van der Waals surface area contributed by atoms with Gasteiger partial charge < -0.3 is 10.1 Å². The lowest BCUT2D eigenvalue weighted by Gasteiger charge is -2.07. The normalized spacial score (nSPS) is 10.1. The lowest BCUT2D eigenvalue weighted by molar-refractivity contribution is 0.0953. The molecule has 5 heteroatoms. The molecule has 1 amide bonds. The van der Waals surface area contributed by atoms with Crippen LogP contribution in [0.2, 0.25) is 0 Å². The molecule has 1 N–H and O–H groups in total. The van der Waals surface area contributed by atoms with Gasteiger partial charge in [-0.25, -0.2) is 0 Å². The maximum Gasteiger partial charge on any atom is 0.251 e. The largest absolute Gasteiger partial charge is 0.496 e. The van der Waals surface area contributed by atoms with Crippen molar-refractivity contribution in [3.05, 3.63) is 28.2 Å². The Labute approximate surface area is 115 Å². The Morgan fingerprint density at radius 3 is 2.82 bits per heavy atom. The number of unbranched alkanes of at least 4 members (excludes halogenated alkanes) is 1. The number of ether oxygens (including phenoxy) is 1. The van der Waals surface area contributed by atoms with Crippen molar-refractivity contribution in [1.82, 2.24) is 5.32 Å². The molecule has 0 unspecified atom stereocenters. The zero-order chi connectivity index (χ0) is 12.7. The molecule has 0 saturated heterocycles. The summed E-state index contributed by atoms with van der Waals surface area (Å²) in [6.07, 6.45) is 1.81. The minimum Gasteiger partial charge on any atom is -0.496 e. The molecule has 1 aromatic carbocycles.